The molecule has 0 bridgehead atoms. The Morgan fingerprint density at radius 2 is 2.05 bits per heavy atom. The third-order valence-electron chi connectivity index (χ3n) is 2.56. The monoisotopic (exact) mass is 286 g/mol. The molecular formula is C13H22N2O3S. The van der Waals surface area contributed by atoms with Crippen molar-refractivity contribution in [3.63, 3.8) is 0 Å². The van der Waals surface area contributed by atoms with Crippen molar-refractivity contribution in [1.82, 2.24) is 10.0 Å². The van der Waals surface area contributed by atoms with Crippen molar-refractivity contribution < 1.29 is 13.2 Å². The standard InChI is InChI=1S/C13H22N2O3S/c1-3-7-14-11-12-5-4-6-13(10-12)19(16,17)15-8-9-18-2/h4-6,10,14-15H,3,7-9,11H2,1-2H3. The maximum Gasteiger partial charge on any atom is 0.240 e. The van der Waals surface area contributed by atoms with Gasteiger partial charge in [0, 0.05) is 20.2 Å². The summed E-state index contributed by atoms with van der Waals surface area (Å²) >= 11 is 0. The molecule has 6 heteroatoms. The molecular weight excluding hydrogens is 264 g/mol. The first-order valence-corrected chi connectivity index (χ1v) is 7.86. The molecule has 1 rings (SSSR count). The zero-order valence-electron chi connectivity index (χ0n) is 11.5. The van der Waals surface area contributed by atoms with Crippen LogP contribution in [0.25, 0.3) is 0 Å². The second-order valence-corrected chi connectivity index (χ2v) is 5.98. The summed E-state index contributed by atoms with van der Waals surface area (Å²) in [6.45, 7) is 4.32. The van der Waals surface area contributed by atoms with Crippen molar-refractivity contribution in [2.75, 3.05) is 26.8 Å². The van der Waals surface area contributed by atoms with Crippen LogP contribution >= 0.6 is 0 Å². The molecule has 0 aliphatic heterocycles. The number of benzene rings is 1. The number of ether oxygens (including phenoxy) is 1. The Hall–Kier alpha value is -0.950. The Morgan fingerprint density at radius 3 is 2.74 bits per heavy atom. The summed E-state index contributed by atoms with van der Waals surface area (Å²) in [5.41, 5.74) is 0.961. The Morgan fingerprint density at radius 1 is 1.26 bits per heavy atom. The molecule has 0 aromatic heterocycles. The van der Waals surface area contributed by atoms with Gasteiger partial charge in [0.25, 0.3) is 0 Å². The van der Waals surface area contributed by atoms with E-state index < -0.39 is 10.0 Å². The number of hydrogen-bond donors (Lipinski definition) is 2. The second-order valence-electron chi connectivity index (χ2n) is 4.21. The molecule has 108 valence electrons. The van der Waals surface area contributed by atoms with Crippen LogP contribution in [0.15, 0.2) is 29.2 Å². The minimum absolute atomic E-state index is 0.275. The van der Waals surface area contributed by atoms with Crippen LogP contribution in [0, 0.1) is 0 Å². The van der Waals surface area contributed by atoms with Gasteiger partial charge in [0.2, 0.25) is 10.0 Å². The van der Waals surface area contributed by atoms with E-state index in [0.29, 0.717) is 18.0 Å². The average molecular weight is 286 g/mol. The third kappa shape index (κ3) is 5.69. The predicted molar refractivity (Wildman–Crippen MR) is 75.5 cm³/mol. The van der Waals surface area contributed by atoms with Crippen molar-refractivity contribution in [2.24, 2.45) is 0 Å². The van der Waals surface area contributed by atoms with Crippen molar-refractivity contribution in [3.05, 3.63) is 29.8 Å². The highest BCUT2D eigenvalue weighted by Gasteiger charge is 2.13. The van der Waals surface area contributed by atoms with E-state index in [-0.39, 0.29) is 6.54 Å². The zero-order chi connectivity index (χ0) is 14.1. The van der Waals surface area contributed by atoms with Gasteiger partial charge < -0.3 is 10.1 Å². The molecule has 1 aromatic carbocycles. The summed E-state index contributed by atoms with van der Waals surface area (Å²) in [4.78, 5) is 0.291. The van der Waals surface area contributed by atoms with E-state index in [1.54, 1.807) is 18.2 Å². The van der Waals surface area contributed by atoms with E-state index in [1.165, 1.54) is 7.11 Å². The van der Waals surface area contributed by atoms with E-state index in [9.17, 15) is 8.42 Å². The van der Waals surface area contributed by atoms with Gasteiger partial charge in [-0.2, -0.15) is 0 Å². The van der Waals surface area contributed by atoms with E-state index >= 15 is 0 Å². The molecule has 19 heavy (non-hydrogen) atoms. The summed E-state index contributed by atoms with van der Waals surface area (Å²) in [5.74, 6) is 0. The Balaban J connectivity index is 2.69. The van der Waals surface area contributed by atoms with Gasteiger partial charge in [-0.25, -0.2) is 13.1 Å². The van der Waals surface area contributed by atoms with E-state index in [0.717, 1.165) is 18.5 Å². The van der Waals surface area contributed by atoms with Crippen LogP contribution in [0.1, 0.15) is 18.9 Å². The van der Waals surface area contributed by atoms with Crippen LogP contribution in [0.2, 0.25) is 0 Å². The summed E-state index contributed by atoms with van der Waals surface area (Å²) < 4.78 is 31.3. The van der Waals surface area contributed by atoms with Gasteiger partial charge in [0.1, 0.15) is 0 Å². The van der Waals surface area contributed by atoms with E-state index in [4.69, 9.17) is 4.74 Å². The predicted octanol–water partition coefficient (Wildman–Crippen LogP) is 1.11. The number of nitrogens with one attached hydrogen (secondary N) is 2. The molecule has 0 heterocycles. The van der Waals surface area contributed by atoms with Gasteiger partial charge in [0.15, 0.2) is 0 Å². The molecule has 0 amide bonds. The summed E-state index contributed by atoms with van der Waals surface area (Å²) in [5, 5.41) is 3.25. The van der Waals surface area contributed by atoms with Crippen molar-refractivity contribution in [2.45, 2.75) is 24.8 Å². The summed E-state index contributed by atoms with van der Waals surface area (Å²) in [6, 6.07) is 6.96. The molecule has 0 radical (unpaired) electrons. The highest BCUT2D eigenvalue weighted by Crippen LogP contribution is 2.11. The summed E-state index contributed by atoms with van der Waals surface area (Å²) in [7, 11) is -1.91. The zero-order valence-corrected chi connectivity index (χ0v) is 12.3. The fourth-order valence-electron chi connectivity index (χ4n) is 1.59. The summed E-state index contributed by atoms with van der Waals surface area (Å²) in [6.07, 6.45) is 1.05. The SMILES string of the molecule is CCCNCc1cccc(S(=O)(=O)NCCOC)c1. The second kappa shape index (κ2) is 8.27. The normalized spacial score (nSPS) is 11.7. The van der Waals surface area contributed by atoms with Crippen molar-refractivity contribution in [1.29, 1.82) is 0 Å². The van der Waals surface area contributed by atoms with Crippen LogP contribution in [0.4, 0.5) is 0 Å². The molecule has 0 unspecified atom stereocenters. The number of sulfonamides is 1. The van der Waals surface area contributed by atoms with Gasteiger partial charge in [-0.15, -0.1) is 0 Å². The topological polar surface area (TPSA) is 67.4 Å². The molecule has 0 saturated heterocycles. The lowest BCUT2D eigenvalue weighted by molar-refractivity contribution is 0.204. The van der Waals surface area contributed by atoms with Crippen molar-refractivity contribution >= 4 is 10.0 Å². The van der Waals surface area contributed by atoms with Crippen LogP contribution in [-0.2, 0) is 21.3 Å². The smallest absolute Gasteiger partial charge is 0.240 e. The third-order valence-corrected chi connectivity index (χ3v) is 4.02. The quantitative estimate of drug-likeness (QED) is 0.667. The highest BCUT2D eigenvalue weighted by atomic mass is 32.2. The van der Waals surface area contributed by atoms with Crippen LogP contribution in [-0.4, -0.2) is 35.2 Å². The van der Waals surface area contributed by atoms with Gasteiger partial charge in [-0.05, 0) is 30.7 Å². The Kier molecular flexibility index (Phi) is 7.01. The Bertz CT molecular complexity index is 475. The number of methoxy groups -OCH3 is 1. The van der Waals surface area contributed by atoms with E-state index in [2.05, 4.69) is 17.0 Å². The lowest BCUT2D eigenvalue weighted by Crippen LogP contribution is -2.27. The Labute approximate surface area is 115 Å². The lowest BCUT2D eigenvalue weighted by Gasteiger charge is -2.08. The molecule has 2 N–H and O–H groups in total. The lowest BCUT2D eigenvalue weighted by atomic mass is 10.2. The molecule has 0 saturated carbocycles. The molecule has 1 aromatic rings. The largest absolute Gasteiger partial charge is 0.383 e. The van der Waals surface area contributed by atoms with Crippen LogP contribution in [0.3, 0.4) is 0 Å². The first kappa shape index (κ1) is 16.1. The molecule has 5 nitrogen and oxygen atoms in total. The maximum absolute atomic E-state index is 12.0. The van der Waals surface area contributed by atoms with E-state index in [1.807, 2.05) is 6.07 Å². The molecule has 0 atom stereocenters. The fourth-order valence-corrected chi connectivity index (χ4v) is 2.68. The van der Waals surface area contributed by atoms with Crippen LogP contribution < -0.4 is 10.0 Å². The van der Waals surface area contributed by atoms with Crippen LogP contribution in [0.5, 0.6) is 0 Å². The number of rotatable bonds is 9. The molecule has 0 aliphatic carbocycles. The average Bonchev–Trinajstić information content (AvgIpc) is 2.40. The number of hydrogen-bond acceptors (Lipinski definition) is 4. The molecule has 0 aliphatic rings. The first-order chi connectivity index (χ1) is 9.10. The van der Waals surface area contributed by atoms with Gasteiger partial charge in [-0.3, -0.25) is 0 Å². The molecule has 0 fully saturated rings. The van der Waals surface area contributed by atoms with Crippen molar-refractivity contribution in [3.8, 4) is 0 Å². The molecule has 0 spiro atoms. The minimum atomic E-state index is -3.44. The first-order valence-electron chi connectivity index (χ1n) is 6.38. The van der Waals surface area contributed by atoms with Gasteiger partial charge in [0.05, 0.1) is 11.5 Å². The minimum Gasteiger partial charge on any atom is -0.383 e. The van der Waals surface area contributed by atoms with Gasteiger partial charge >= 0.3 is 0 Å². The fraction of sp³-hybridized carbons (Fsp3) is 0.538. The maximum atomic E-state index is 12.0. The highest BCUT2D eigenvalue weighted by molar-refractivity contribution is 7.89. The van der Waals surface area contributed by atoms with Gasteiger partial charge in [-0.1, -0.05) is 19.1 Å².